The predicted octanol–water partition coefficient (Wildman–Crippen LogP) is 2.70. The van der Waals surface area contributed by atoms with E-state index in [0.717, 1.165) is 30.5 Å². The number of aromatic carboxylic acids is 1. The van der Waals surface area contributed by atoms with Gasteiger partial charge in [-0.05, 0) is 35.7 Å². The van der Waals surface area contributed by atoms with Crippen LogP contribution in [0.15, 0.2) is 41.3 Å². The van der Waals surface area contributed by atoms with Gasteiger partial charge in [-0.15, -0.1) is 0 Å². The van der Waals surface area contributed by atoms with Crippen molar-refractivity contribution in [2.45, 2.75) is 17.2 Å². The number of fused-ring (bicyclic) bond motifs is 1. The first-order chi connectivity index (χ1) is 15.9. The third-order valence-electron chi connectivity index (χ3n) is 5.65. The van der Waals surface area contributed by atoms with Crippen molar-refractivity contribution < 1.29 is 48.6 Å². The van der Waals surface area contributed by atoms with Crippen molar-refractivity contribution in [2.75, 3.05) is 12.9 Å². The summed E-state index contributed by atoms with van der Waals surface area (Å²) in [5.41, 5.74) is -0.553. The summed E-state index contributed by atoms with van der Waals surface area (Å²) in [5.74, 6) is -4.43. The molecule has 6 N–H and O–H groups in total. The number of benzene rings is 3. The van der Waals surface area contributed by atoms with Crippen LogP contribution in [0.5, 0.6) is 34.5 Å². The van der Waals surface area contributed by atoms with E-state index in [4.69, 9.17) is 4.74 Å². The second kappa shape index (κ2) is 8.03. The molecule has 4 rings (SSSR count). The number of carboxylic acid groups (broad SMARTS) is 1. The molecule has 0 aromatic heterocycles. The van der Waals surface area contributed by atoms with E-state index in [-0.39, 0.29) is 52.5 Å². The Hall–Kier alpha value is -4.12. The van der Waals surface area contributed by atoms with E-state index in [1.54, 1.807) is 0 Å². The van der Waals surface area contributed by atoms with Gasteiger partial charge in [0.1, 0.15) is 27.9 Å². The van der Waals surface area contributed by atoms with Crippen LogP contribution in [0.1, 0.15) is 27.4 Å². The van der Waals surface area contributed by atoms with E-state index in [2.05, 4.69) is 0 Å². The summed E-state index contributed by atoms with van der Waals surface area (Å²) in [5, 5.41) is 60.2. The molecule has 3 aromatic rings. The Labute approximate surface area is 193 Å². The molecule has 0 aliphatic carbocycles. The van der Waals surface area contributed by atoms with Crippen LogP contribution in [0.4, 0.5) is 0 Å². The molecular formula is C23H20O10S. The molecule has 0 saturated heterocycles. The van der Waals surface area contributed by atoms with Crippen LogP contribution in [-0.2, 0) is 16.3 Å². The number of phenolic OH excluding ortho intramolecular Hbond substituents is 5. The van der Waals surface area contributed by atoms with Crippen molar-refractivity contribution in [1.82, 2.24) is 0 Å². The van der Waals surface area contributed by atoms with Gasteiger partial charge in [0.05, 0.1) is 12.2 Å². The highest BCUT2D eigenvalue weighted by atomic mass is 32.2. The molecule has 1 heterocycles. The SMILES string of the molecule is CS(=O)(=O)c1c(C2COc3cc(O)cc(O)c3C2)cc(C(=O)O)c(-c2ccc(O)c(O)c2)c1O. The minimum absolute atomic E-state index is 0.0257. The van der Waals surface area contributed by atoms with Crippen LogP contribution < -0.4 is 4.74 Å². The zero-order valence-electron chi connectivity index (χ0n) is 17.7. The first-order valence-corrected chi connectivity index (χ1v) is 11.8. The van der Waals surface area contributed by atoms with Crippen LogP contribution >= 0.6 is 0 Å². The molecule has 0 fully saturated rings. The smallest absolute Gasteiger partial charge is 0.336 e. The molecule has 178 valence electrons. The van der Waals surface area contributed by atoms with E-state index >= 15 is 0 Å². The molecule has 0 amide bonds. The minimum Gasteiger partial charge on any atom is -0.508 e. The third-order valence-corrected chi connectivity index (χ3v) is 6.82. The van der Waals surface area contributed by atoms with Crippen LogP contribution in [0.3, 0.4) is 0 Å². The van der Waals surface area contributed by atoms with Crippen LogP contribution in [-0.4, -0.2) is 57.9 Å². The second-order valence-electron chi connectivity index (χ2n) is 8.00. The van der Waals surface area contributed by atoms with E-state index in [9.17, 15) is 43.9 Å². The Kier molecular flexibility index (Phi) is 5.44. The van der Waals surface area contributed by atoms with Gasteiger partial charge in [-0.1, -0.05) is 6.07 Å². The van der Waals surface area contributed by atoms with Crippen molar-refractivity contribution in [3.63, 3.8) is 0 Å². The standard InChI is InChI=1S/C23H20O10S/c1-34(31,32)22-13(11-4-14-17(26)6-12(24)7-19(14)33-9-11)8-15(23(29)30)20(21(22)28)10-2-3-16(25)18(27)5-10/h2-3,5-8,11,24-28H,4,9H2,1H3,(H,29,30). The fraction of sp³-hybridized carbons (Fsp3) is 0.174. The number of aromatic hydroxyl groups is 5. The quantitative estimate of drug-likeness (QED) is 0.299. The van der Waals surface area contributed by atoms with Gasteiger partial charge in [-0.3, -0.25) is 0 Å². The molecule has 0 saturated carbocycles. The fourth-order valence-electron chi connectivity index (χ4n) is 4.15. The Morgan fingerprint density at radius 3 is 2.29 bits per heavy atom. The summed E-state index contributed by atoms with van der Waals surface area (Å²) in [6.07, 6.45) is 0.902. The normalized spacial score (nSPS) is 15.4. The van der Waals surface area contributed by atoms with Crippen molar-refractivity contribution in [3.05, 3.63) is 53.1 Å². The number of carboxylic acids is 1. The summed E-state index contributed by atoms with van der Waals surface area (Å²) in [6.45, 7) is -0.115. The highest BCUT2D eigenvalue weighted by Crippen LogP contribution is 2.47. The van der Waals surface area contributed by atoms with Crippen molar-refractivity contribution in [3.8, 4) is 45.6 Å². The molecule has 1 aliphatic heterocycles. The van der Waals surface area contributed by atoms with E-state index < -0.39 is 49.4 Å². The molecule has 0 radical (unpaired) electrons. The Morgan fingerprint density at radius 2 is 1.68 bits per heavy atom. The summed E-state index contributed by atoms with van der Waals surface area (Å²) < 4.78 is 31.1. The number of ether oxygens (including phenoxy) is 1. The van der Waals surface area contributed by atoms with E-state index in [0.29, 0.717) is 0 Å². The zero-order chi connectivity index (χ0) is 24.9. The van der Waals surface area contributed by atoms with Crippen LogP contribution in [0.25, 0.3) is 11.1 Å². The number of hydrogen-bond donors (Lipinski definition) is 6. The van der Waals surface area contributed by atoms with Gasteiger partial charge in [0.25, 0.3) is 0 Å². The average molecular weight is 488 g/mol. The van der Waals surface area contributed by atoms with Gasteiger partial charge in [-0.2, -0.15) is 0 Å². The number of carbonyl (C=O) groups is 1. The third kappa shape index (κ3) is 3.90. The number of rotatable bonds is 4. The first-order valence-electron chi connectivity index (χ1n) is 9.91. The summed E-state index contributed by atoms with van der Waals surface area (Å²) in [4.78, 5) is 11.6. The molecule has 34 heavy (non-hydrogen) atoms. The molecule has 1 aliphatic rings. The molecule has 1 atom stereocenters. The van der Waals surface area contributed by atoms with Crippen molar-refractivity contribution in [2.24, 2.45) is 0 Å². The summed E-state index contributed by atoms with van der Waals surface area (Å²) in [6, 6.07) is 6.83. The maximum absolute atomic E-state index is 12.7. The van der Waals surface area contributed by atoms with Crippen LogP contribution in [0, 0.1) is 0 Å². The molecular weight excluding hydrogens is 468 g/mol. The molecule has 1 unspecified atom stereocenters. The molecule has 11 heteroatoms. The molecule has 0 bridgehead atoms. The van der Waals surface area contributed by atoms with Crippen LogP contribution in [0.2, 0.25) is 0 Å². The Balaban J connectivity index is 1.97. The Morgan fingerprint density at radius 1 is 0.971 bits per heavy atom. The lowest BCUT2D eigenvalue weighted by molar-refractivity contribution is 0.0696. The highest BCUT2D eigenvalue weighted by molar-refractivity contribution is 7.90. The molecule has 10 nitrogen and oxygen atoms in total. The summed E-state index contributed by atoms with van der Waals surface area (Å²) >= 11 is 0. The lowest BCUT2D eigenvalue weighted by Crippen LogP contribution is -2.22. The average Bonchev–Trinajstić information content (AvgIpc) is 2.73. The number of hydrogen-bond acceptors (Lipinski definition) is 9. The topological polar surface area (TPSA) is 182 Å². The second-order valence-corrected chi connectivity index (χ2v) is 9.95. The van der Waals surface area contributed by atoms with Crippen molar-refractivity contribution in [1.29, 1.82) is 0 Å². The highest BCUT2D eigenvalue weighted by Gasteiger charge is 2.34. The largest absolute Gasteiger partial charge is 0.508 e. The fourth-order valence-corrected chi connectivity index (χ4v) is 5.26. The van der Waals surface area contributed by atoms with Crippen molar-refractivity contribution >= 4 is 15.8 Å². The van der Waals surface area contributed by atoms with E-state index in [1.165, 1.54) is 12.1 Å². The van der Waals surface area contributed by atoms with Gasteiger partial charge >= 0.3 is 5.97 Å². The number of phenols is 5. The zero-order valence-corrected chi connectivity index (χ0v) is 18.5. The Bertz CT molecular complexity index is 1440. The van der Waals surface area contributed by atoms with Gasteiger partial charge in [0.15, 0.2) is 21.3 Å². The predicted molar refractivity (Wildman–Crippen MR) is 119 cm³/mol. The number of sulfone groups is 1. The van der Waals surface area contributed by atoms with Gasteiger partial charge < -0.3 is 35.4 Å². The maximum Gasteiger partial charge on any atom is 0.336 e. The lowest BCUT2D eigenvalue weighted by atomic mass is 9.86. The first kappa shape index (κ1) is 23.1. The van der Waals surface area contributed by atoms with Gasteiger partial charge in [-0.25, -0.2) is 13.2 Å². The summed E-state index contributed by atoms with van der Waals surface area (Å²) in [7, 11) is -4.11. The molecule has 3 aromatic carbocycles. The van der Waals surface area contributed by atoms with E-state index in [1.807, 2.05) is 0 Å². The maximum atomic E-state index is 12.7. The van der Waals surface area contributed by atoms with Gasteiger partial charge in [0, 0.05) is 35.4 Å². The van der Waals surface area contributed by atoms with Gasteiger partial charge in [0.2, 0.25) is 0 Å². The molecule has 0 spiro atoms. The monoisotopic (exact) mass is 488 g/mol. The lowest BCUT2D eigenvalue weighted by Gasteiger charge is -2.28. The minimum atomic E-state index is -4.11.